The van der Waals surface area contributed by atoms with Crippen LogP contribution in [0.3, 0.4) is 0 Å². The third-order valence-electron chi connectivity index (χ3n) is 2.76. The molecule has 0 aliphatic carbocycles. The molecular formula is C15H16ClN. The Morgan fingerprint density at radius 3 is 2.12 bits per heavy atom. The lowest BCUT2D eigenvalue weighted by Gasteiger charge is -2.19. The van der Waals surface area contributed by atoms with E-state index in [2.05, 4.69) is 50.0 Å². The van der Waals surface area contributed by atoms with Crippen LogP contribution >= 0.6 is 11.6 Å². The summed E-state index contributed by atoms with van der Waals surface area (Å²) in [5, 5.41) is 0.530. The molecule has 2 rings (SSSR count). The normalized spacial score (nSPS) is 11.5. The fourth-order valence-electron chi connectivity index (χ4n) is 1.71. The molecule has 0 fully saturated rings. The summed E-state index contributed by atoms with van der Waals surface area (Å²) in [6.45, 7) is 6.62. The molecule has 0 atom stereocenters. The summed E-state index contributed by atoms with van der Waals surface area (Å²) in [6, 6.07) is 14.2. The fourth-order valence-corrected chi connectivity index (χ4v) is 1.87. The number of aromatic nitrogens is 1. The van der Waals surface area contributed by atoms with E-state index in [4.69, 9.17) is 11.6 Å². The second kappa shape index (κ2) is 4.50. The maximum atomic E-state index is 5.89. The molecule has 2 heteroatoms. The Morgan fingerprint density at radius 1 is 0.941 bits per heavy atom. The minimum atomic E-state index is 0.181. The van der Waals surface area contributed by atoms with Crippen molar-refractivity contribution in [2.45, 2.75) is 26.2 Å². The van der Waals surface area contributed by atoms with E-state index in [1.54, 1.807) is 6.07 Å². The Morgan fingerprint density at radius 2 is 1.59 bits per heavy atom. The molecule has 0 aliphatic heterocycles. The molecule has 0 aliphatic rings. The van der Waals surface area contributed by atoms with Gasteiger partial charge in [0, 0.05) is 5.56 Å². The Kier molecular flexibility index (Phi) is 3.21. The SMILES string of the molecule is CC(C)(C)c1ccc(-c2cccc(Cl)n2)cc1. The number of halogens is 1. The summed E-state index contributed by atoms with van der Waals surface area (Å²) >= 11 is 5.89. The zero-order chi connectivity index (χ0) is 12.5. The Balaban J connectivity index is 2.36. The van der Waals surface area contributed by atoms with Crippen molar-refractivity contribution >= 4 is 11.6 Å². The number of hydrogen-bond donors (Lipinski definition) is 0. The van der Waals surface area contributed by atoms with Gasteiger partial charge in [-0.1, -0.05) is 62.7 Å². The smallest absolute Gasteiger partial charge is 0.129 e. The van der Waals surface area contributed by atoms with E-state index in [-0.39, 0.29) is 5.41 Å². The Bertz CT molecular complexity index is 509. The van der Waals surface area contributed by atoms with Crippen LogP contribution < -0.4 is 0 Å². The number of benzene rings is 1. The van der Waals surface area contributed by atoms with Crippen LogP contribution in [0.1, 0.15) is 26.3 Å². The van der Waals surface area contributed by atoms with Crippen LogP contribution in [-0.4, -0.2) is 4.98 Å². The van der Waals surface area contributed by atoms with Crippen LogP contribution in [-0.2, 0) is 5.41 Å². The summed E-state index contributed by atoms with van der Waals surface area (Å²) in [6.07, 6.45) is 0. The molecule has 88 valence electrons. The maximum absolute atomic E-state index is 5.89. The van der Waals surface area contributed by atoms with E-state index in [0.29, 0.717) is 5.15 Å². The second-order valence-electron chi connectivity index (χ2n) is 5.17. The molecule has 0 spiro atoms. The van der Waals surface area contributed by atoms with Crippen LogP contribution in [0.15, 0.2) is 42.5 Å². The van der Waals surface area contributed by atoms with Crippen molar-refractivity contribution in [2.24, 2.45) is 0 Å². The topological polar surface area (TPSA) is 12.9 Å². The Hall–Kier alpha value is -1.34. The van der Waals surface area contributed by atoms with Crippen molar-refractivity contribution in [3.63, 3.8) is 0 Å². The molecule has 0 bridgehead atoms. The van der Waals surface area contributed by atoms with E-state index in [9.17, 15) is 0 Å². The molecule has 1 nitrogen and oxygen atoms in total. The van der Waals surface area contributed by atoms with Gasteiger partial charge in [-0.25, -0.2) is 4.98 Å². The van der Waals surface area contributed by atoms with Gasteiger partial charge in [-0.2, -0.15) is 0 Å². The lowest BCUT2D eigenvalue weighted by Crippen LogP contribution is -2.10. The average molecular weight is 246 g/mol. The zero-order valence-corrected chi connectivity index (χ0v) is 11.1. The average Bonchev–Trinajstić information content (AvgIpc) is 2.28. The van der Waals surface area contributed by atoms with Crippen LogP contribution in [0.4, 0.5) is 0 Å². The van der Waals surface area contributed by atoms with Gasteiger partial charge < -0.3 is 0 Å². The van der Waals surface area contributed by atoms with Crippen molar-refractivity contribution in [3.05, 3.63) is 53.2 Å². The predicted octanol–water partition coefficient (Wildman–Crippen LogP) is 4.70. The third-order valence-corrected chi connectivity index (χ3v) is 2.97. The van der Waals surface area contributed by atoms with Gasteiger partial charge >= 0.3 is 0 Å². The lowest BCUT2D eigenvalue weighted by molar-refractivity contribution is 0.590. The van der Waals surface area contributed by atoms with Crippen molar-refractivity contribution < 1.29 is 0 Å². The number of rotatable bonds is 1. The first-order chi connectivity index (χ1) is 7.97. The molecule has 0 N–H and O–H groups in total. The molecule has 0 amide bonds. The van der Waals surface area contributed by atoms with Gasteiger partial charge in [-0.3, -0.25) is 0 Å². The van der Waals surface area contributed by atoms with Crippen molar-refractivity contribution in [2.75, 3.05) is 0 Å². The quantitative estimate of drug-likeness (QED) is 0.664. The van der Waals surface area contributed by atoms with Gasteiger partial charge in [0.1, 0.15) is 5.15 Å². The zero-order valence-electron chi connectivity index (χ0n) is 10.4. The highest BCUT2D eigenvalue weighted by atomic mass is 35.5. The van der Waals surface area contributed by atoms with E-state index < -0.39 is 0 Å². The van der Waals surface area contributed by atoms with Crippen molar-refractivity contribution in [1.29, 1.82) is 0 Å². The van der Waals surface area contributed by atoms with Gasteiger partial charge in [-0.05, 0) is 23.1 Å². The molecule has 0 radical (unpaired) electrons. The maximum Gasteiger partial charge on any atom is 0.129 e. The van der Waals surface area contributed by atoms with E-state index in [1.807, 2.05) is 12.1 Å². The van der Waals surface area contributed by atoms with Crippen LogP contribution in [0.2, 0.25) is 5.15 Å². The lowest BCUT2D eigenvalue weighted by atomic mass is 9.86. The molecule has 0 saturated carbocycles. The van der Waals surface area contributed by atoms with Crippen molar-refractivity contribution in [3.8, 4) is 11.3 Å². The molecule has 0 unspecified atom stereocenters. The van der Waals surface area contributed by atoms with Gasteiger partial charge in [0.2, 0.25) is 0 Å². The monoisotopic (exact) mass is 245 g/mol. The molecule has 17 heavy (non-hydrogen) atoms. The summed E-state index contributed by atoms with van der Waals surface area (Å²) < 4.78 is 0. The molecule has 0 saturated heterocycles. The first-order valence-electron chi connectivity index (χ1n) is 5.70. The van der Waals surface area contributed by atoms with E-state index in [0.717, 1.165) is 11.3 Å². The number of nitrogens with zero attached hydrogens (tertiary/aromatic N) is 1. The summed E-state index contributed by atoms with van der Waals surface area (Å²) in [5.74, 6) is 0. The fraction of sp³-hybridized carbons (Fsp3) is 0.267. The largest absolute Gasteiger partial charge is 0.236 e. The molecule has 1 aromatic carbocycles. The van der Waals surface area contributed by atoms with Gasteiger partial charge in [0.05, 0.1) is 5.69 Å². The van der Waals surface area contributed by atoms with Gasteiger partial charge in [-0.15, -0.1) is 0 Å². The highest BCUT2D eigenvalue weighted by Crippen LogP contribution is 2.25. The number of pyridine rings is 1. The van der Waals surface area contributed by atoms with Gasteiger partial charge in [0.15, 0.2) is 0 Å². The summed E-state index contributed by atoms with van der Waals surface area (Å²) in [7, 11) is 0. The first kappa shape index (κ1) is 12.1. The van der Waals surface area contributed by atoms with Crippen LogP contribution in [0.5, 0.6) is 0 Å². The minimum absolute atomic E-state index is 0.181. The third kappa shape index (κ3) is 2.86. The highest BCUT2D eigenvalue weighted by Gasteiger charge is 2.13. The first-order valence-corrected chi connectivity index (χ1v) is 6.08. The molecule has 1 aromatic heterocycles. The number of hydrogen-bond acceptors (Lipinski definition) is 1. The van der Waals surface area contributed by atoms with Crippen LogP contribution in [0.25, 0.3) is 11.3 Å². The van der Waals surface area contributed by atoms with E-state index >= 15 is 0 Å². The van der Waals surface area contributed by atoms with Crippen molar-refractivity contribution in [1.82, 2.24) is 4.98 Å². The summed E-state index contributed by atoms with van der Waals surface area (Å²) in [4.78, 5) is 4.30. The van der Waals surface area contributed by atoms with Crippen LogP contribution in [0, 0.1) is 0 Å². The molecule has 1 heterocycles. The highest BCUT2D eigenvalue weighted by molar-refractivity contribution is 6.29. The summed E-state index contributed by atoms with van der Waals surface area (Å²) in [5.41, 5.74) is 3.52. The Labute approximate surface area is 107 Å². The van der Waals surface area contributed by atoms with E-state index in [1.165, 1.54) is 5.56 Å². The predicted molar refractivity (Wildman–Crippen MR) is 73.4 cm³/mol. The standard InChI is InChI=1S/C15H16ClN/c1-15(2,3)12-9-7-11(8-10-12)13-5-4-6-14(16)17-13/h4-10H,1-3H3. The minimum Gasteiger partial charge on any atom is -0.236 e. The van der Waals surface area contributed by atoms with Gasteiger partial charge in [0.25, 0.3) is 0 Å². The second-order valence-corrected chi connectivity index (χ2v) is 5.56. The molecular weight excluding hydrogens is 230 g/mol. The molecule has 2 aromatic rings.